The fourth-order valence-electron chi connectivity index (χ4n) is 1.23. The molecule has 0 amide bonds. The van der Waals surface area contributed by atoms with Gasteiger partial charge in [-0.3, -0.25) is 9.59 Å². The molecule has 0 atom stereocenters. The van der Waals surface area contributed by atoms with E-state index in [1.54, 1.807) is 14.0 Å². The van der Waals surface area contributed by atoms with Gasteiger partial charge in [0.25, 0.3) is 0 Å². The molecule has 2 rings (SSSR count). The molecule has 0 saturated heterocycles. The molecular formula is C22H36O4. The van der Waals surface area contributed by atoms with Crippen LogP contribution in [0.3, 0.4) is 0 Å². The van der Waals surface area contributed by atoms with E-state index in [2.05, 4.69) is 4.74 Å². The third-order valence-corrected chi connectivity index (χ3v) is 2.45. The van der Waals surface area contributed by atoms with E-state index in [-0.39, 0.29) is 26.6 Å². The summed E-state index contributed by atoms with van der Waals surface area (Å²) in [6.07, 6.45) is 0. The molecule has 0 aliphatic carbocycles. The van der Waals surface area contributed by atoms with Crippen molar-refractivity contribution in [2.45, 2.75) is 42.5 Å². The minimum atomic E-state index is -0.245. The highest BCUT2D eigenvalue weighted by molar-refractivity contribution is 5.93. The highest BCUT2D eigenvalue weighted by Crippen LogP contribution is 2.05. The van der Waals surface area contributed by atoms with E-state index in [0.717, 1.165) is 11.3 Å². The van der Waals surface area contributed by atoms with Crippen LogP contribution in [0.25, 0.3) is 0 Å². The second-order valence-corrected chi connectivity index (χ2v) is 4.14. The summed E-state index contributed by atoms with van der Waals surface area (Å²) in [6.45, 7) is 6.93. The molecule has 0 saturated carbocycles. The average Bonchev–Trinajstić information content (AvgIpc) is 2.65. The molecule has 0 N–H and O–H groups in total. The number of para-hydroxylation sites is 1. The predicted octanol–water partition coefficient (Wildman–Crippen LogP) is 6.06. The number of methoxy groups -OCH3 is 2. The molecule has 0 aliphatic heterocycles. The first-order chi connectivity index (χ1) is 11.5. The van der Waals surface area contributed by atoms with Crippen molar-refractivity contribution >= 4 is 11.8 Å². The largest absolute Gasteiger partial charge is 0.497 e. The number of carbonyl (C=O) groups excluding carboxylic acids is 2. The van der Waals surface area contributed by atoms with Crippen molar-refractivity contribution in [1.82, 2.24) is 0 Å². The van der Waals surface area contributed by atoms with E-state index in [0.29, 0.717) is 0 Å². The molecular weight excluding hydrogens is 328 g/mol. The van der Waals surface area contributed by atoms with Crippen LogP contribution in [0.4, 0.5) is 0 Å². The highest BCUT2D eigenvalue weighted by Gasteiger charge is 1.92. The fourth-order valence-corrected chi connectivity index (χ4v) is 1.23. The summed E-state index contributed by atoms with van der Waals surface area (Å²) in [7, 11) is 3.01. The first kappa shape index (κ1) is 31.2. The Labute approximate surface area is 160 Å². The zero-order chi connectivity index (χ0) is 18.8. The Hall–Kier alpha value is -2.62. The van der Waals surface area contributed by atoms with Gasteiger partial charge in [0.05, 0.1) is 14.2 Å². The van der Waals surface area contributed by atoms with Crippen molar-refractivity contribution < 1.29 is 19.1 Å². The van der Waals surface area contributed by atoms with Crippen LogP contribution >= 0.6 is 0 Å². The van der Waals surface area contributed by atoms with Crippen LogP contribution in [-0.4, -0.2) is 26.0 Å². The van der Waals surface area contributed by atoms with Gasteiger partial charge >= 0.3 is 5.97 Å². The average molecular weight is 365 g/mol. The molecule has 0 aromatic heterocycles. The molecule has 0 unspecified atom stereocenters. The van der Waals surface area contributed by atoms with Gasteiger partial charge in [0.1, 0.15) is 5.75 Å². The van der Waals surface area contributed by atoms with E-state index >= 15 is 0 Å². The van der Waals surface area contributed by atoms with E-state index in [4.69, 9.17) is 4.74 Å². The van der Waals surface area contributed by atoms with Gasteiger partial charge in [0.15, 0.2) is 5.78 Å². The smallest absolute Gasteiger partial charge is 0.302 e. The van der Waals surface area contributed by atoms with Crippen LogP contribution in [0, 0.1) is 0 Å². The third kappa shape index (κ3) is 19.4. The van der Waals surface area contributed by atoms with Crippen molar-refractivity contribution in [2.24, 2.45) is 0 Å². The van der Waals surface area contributed by atoms with Crippen molar-refractivity contribution in [2.75, 3.05) is 14.2 Å². The van der Waals surface area contributed by atoms with Crippen LogP contribution < -0.4 is 4.74 Å². The van der Waals surface area contributed by atoms with Gasteiger partial charge in [0, 0.05) is 12.5 Å². The molecule has 2 aromatic rings. The van der Waals surface area contributed by atoms with E-state index < -0.39 is 0 Å². The number of hydrogen-bond acceptors (Lipinski definition) is 4. The van der Waals surface area contributed by atoms with Crippen molar-refractivity contribution in [3.63, 3.8) is 0 Å². The number of ketones is 1. The number of rotatable bonds is 2. The summed E-state index contributed by atoms with van der Waals surface area (Å²) < 4.78 is 9.03. The maximum atomic E-state index is 10.6. The Morgan fingerprint density at radius 2 is 1.08 bits per heavy atom. The van der Waals surface area contributed by atoms with Gasteiger partial charge in [-0.1, -0.05) is 77.2 Å². The molecule has 4 heteroatoms. The second kappa shape index (κ2) is 22.4. The first-order valence-electron chi connectivity index (χ1n) is 7.70. The molecule has 0 bridgehead atoms. The van der Waals surface area contributed by atoms with Gasteiger partial charge in [-0.15, -0.1) is 0 Å². The Morgan fingerprint density at radius 1 is 0.731 bits per heavy atom. The van der Waals surface area contributed by atoms with Crippen LogP contribution in [0.5, 0.6) is 5.75 Å². The van der Waals surface area contributed by atoms with Gasteiger partial charge in [-0.05, 0) is 19.1 Å². The number of carbonyl (C=O) groups is 2. The summed E-state index contributed by atoms with van der Waals surface area (Å²) in [5.41, 5.74) is 0.775. The number of benzene rings is 2. The summed E-state index contributed by atoms with van der Waals surface area (Å²) in [5.74, 6) is 0.785. The standard InChI is InChI=1S/C8H8O.C7H8O.C3H6O2.C2H6.2CH4/c1-7(9)8-5-3-2-4-6-8;1-8-7-5-3-2-4-6-7;1-3(4)5-2;1-2;;/h2-6H,1H3;2-6H,1H3;1-2H3;1-2H3;2*1H4. The molecule has 0 heterocycles. The molecule has 4 nitrogen and oxygen atoms in total. The first-order valence-corrected chi connectivity index (χ1v) is 7.70. The van der Waals surface area contributed by atoms with Crippen molar-refractivity contribution in [3.8, 4) is 5.75 Å². The molecule has 0 aliphatic rings. The van der Waals surface area contributed by atoms with Gasteiger partial charge in [-0.25, -0.2) is 0 Å². The topological polar surface area (TPSA) is 52.6 Å². The maximum absolute atomic E-state index is 10.6. The van der Waals surface area contributed by atoms with Crippen molar-refractivity contribution in [1.29, 1.82) is 0 Å². The van der Waals surface area contributed by atoms with Crippen LogP contribution in [-0.2, 0) is 9.53 Å². The van der Waals surface area contributed by atoms with Gasteiger partial charge in [-0.2, -0.15) is 0 Å². The molecule has 0 fully saturated rings. The fraction of sp³-hybridized carbons (Fsp3) is 0.364. The lowest BCUT2D eigenvalue weighted by molar-refractivity contribution is -0.137. The monoisotopic (exact) mass is 364 g/mol. The lowest BCUT2D eigenvalue weighted by atomic mass is 10.2. The Balaban J connectivity index is -0.000000133. The lowest BCUT2D eigenvalue weighted by Crippen LogP contribution is -1.88. The minimum absolute atomic E-state index is 0. The molecule has 2 aromatic carbocycles. The summed E-state index contributed by atoms with van der Waals surface area (Å²) in [4.78, 5) is 20.2. The molecule has 0 spiro atoms. The van der Waals surface area contributed by atoms with Crippen LogP contribution in [0.2, 0.25) is 0 Å². The number of Topliss-reactive ketones (excluding diaryl/α,β-unsaturated/α-hetero) is 1. The third-order valence-electron chi connectivity index (χ3n) is 2.45. The van der Waals surface area contributed by atoms with Crippen LogP contribution in [0.1, 0.15) is 52.9 Å². The van der Waals surface area contributed by atoms with E-state index in [9.17, 15) is 9.59 Å². The van der Waals surface area contributed by atoms with Crippen LogP contribution in [0.15, 0.2) is 60.7 Å². The maximum Gasteiger partial charge on any atom is 0.302 e. The zero-order valence-electron chi connectivity index (χ0n) is 15.4. The van der Waals surface area contributed by atoms with E-state index in [1.165, 1.54) is 14.0 Å². The Kier molecular flexibility index (Phi) is 26.8. The Morgan fingerprint density at radius 3 is 1.27 bits per heavy atom. The molecule has 148 valence electrons. The predicted molar refractivity (Wildman–Crippen MR) is 112 cm³/mol. The minimum Gasteiger partial charge on any atom is -0.497 e. The number of hydrogen-bond donors (Lipinski definition) is 0. The zero-order valence-corrected chi connectivity index (χ0v) is 15.4. The van der Waals surface area contributed by atoms with Gasteiger partial charge in [0.2, 0.25) is 0 Å². The SMILES string of the molecule is C.C.CC.CC(=O)c1ccccc1.COC(C)=O.COc1ccccc1. The normalized spacial score (nSPS) is 7.31. The lowest BCUT2D eigenvalue weighted by Gasteiger charge is -1.93. The van der Waals surface area contributed by atoms with E-state index in [1.807, 2.05) is 74.5 Å². The van der Waals surface area contributed by atoms with Crippen molar-refractivity contribution in [3.05, 3.63) is 66.2 Å². The quantitative estimate of drug-likeness (QED) is 0.480. The van der Waals surface area contributed by atoms with Gasteiger partial charge < -0.3 is 9.47 Å². The number of ether oxygens (including phenoxy) is 2. The summed E-state index contributed by atoms with van der Waals surface area (Å²) in [5, 5.41) is 0. The summed E-state index contributed by atoms with van der Waals surface area (Å²) in [6, 6.07) is 18.9. The molecule has 26 heavy (non-hydrogen) atoms. The second-order valence-electron chi connectivity index (χ2n) is 4.14. The summed E-state index contributed by atoms with van der Waals surface area (Å²) >= 11 is 0. The highest BCUT2D eigenvalue weighted by atomic mass is 16.5. The molecule has 0 radical (unpaired) electrons. The number of esters is 1. The Bertz CT molecular complexity index is 537.